The lowest BCUT2D eigenvalue weighted by Gasteiger charge is -2.19. The lowest BCUT2D eigenvalue weighted by atomic mass is 10.0. The van der Waals surface area contributed by atoms with Crippen LogP contribution in [0.5, 0.6) is 5.75 Å². The lowest BCUT2D eigenvalue weighted by molar-refractivity contribution is 0.278. The number of likely N-dealkylation sites (N-methyl/N-ethyl adjacent to an activating group) is 1. The zero-order valence-corrected chi connectivity index (χ0v) is 14.5. The van der Waals surface area contributed by atoms with Crippen LogP contribution < -0.4 is 4.74 Å². The molecule has 1 aliphatic heterocycles. The number of ether oxygens (including phenoxy) is 2. The first kappa shape index (κ1) is 16.8. The molecule has 0 saturated carbocycles. The van der Waals surface area contributed by atoms with Crippen molar-refractivity contribution in [3.63, 3.8) is 0 Å². The largest absolute Gasteiger partial charge is 0.496 e. The predicted molar refractivity (Wildman–Crippen MR) is 91.1 cm³/mol. The fraction of sp³-hybridized carbons (Fsp3) is 0.611. The van der Waals surface area contributed by atoms with Crippen molar-refractivity contribution >= 4 is 5.90 Å². The standard InChI is InChI=1S/C18H28N2O2/c1-6-20(7-2)12-11-14-9-8-10-15(21-5)16(14)17-19-18(3,4)13-22-17/h8-10H,6-7,11-13H2,1-5H3. The van der Waals surface area contributed by atoms with Crippen molar-refractivity contribution in [2.24, 2.45) is 4.99 Å². The normalized spacial score (nSPS) is 16.5. The van der Waals surface area contributed by atoms with Gasteiger partial charge in [0.05, 0.1) is 18.2 Å². The van der Waals surface area contributed by atoms with Crippen LogP contribution >= 0.6 is 0 Å². The van der Waals surface area contributed by atoms with E-state index in [-0.39, 0.29) is 5.54 Å². The van der Waals surface area contributed by atoms with E-state index in [1.807, 2.05) is 12.1 Å². The van der Waals surface area contributed by atoms with Crippen molar-refractivity contribution < 1.29 is 9.47 Å². The molecular weight excluding hydrogens is 276 g/mol. The lowest BCUT2D eigenvalue weighted by Crippen LogP contribution is -2.26. The summed E-state index contributed by atoms with van der Waals surface area (Å²) in [6.45, 7) is 12.4. The van der Waals surface area contributed by atoms with Gasteiger partial charge in [0.15, 0.2) is 0 Å². The summed E-state index contributed by atoms with van der Waals surface area (Å²) >= 11 is 0. The van der Waals surface area contributed by atoms with E-state index < -0.39 is 0 Å². The predicted octanol–water partition coefficient (Wildman–Crippen LogP) is 3.13. The molecule has 122 valence electrons. The van der Waals surface area contributed by atoms with E-state index in [1.165, 1.54) is 5.56 Å². The van der Waals surface area contributed by atoms with Gasteiger partial charge in [-0.15, -0.1) is 0 Å². The zero-order valence-electron chi connectivity index (χ0n) is 14.5. The molecular formula is C18H28N2O2. The van der Waals surface area contributed by atoms with E-state index in [9.17, 15) is 0 Å². The molecule has 4 nitrogen and oxygen atoms in total. The topological polar surface area (TPSA) is 34.1 Å². The summed E-state index contributed by atoms with van der Waals surface area (Å²) in [6, 6.07) is 6.17. The van der Waals surface area contributed by atoms with Crippen molar-refractivity contribution in [1.29, 1.82) is 0 Å². The molecule has 0 saturated heterocycles. The summed E-state index contributed by atoms with van der Waals surface area (Å²) in [5, 5.41) is 0. The minimum absolute atomic E-state index is 0.160. The zero-order chi connectivity index (χ0) is 16.2. The third-order valence-electron chi connectivity index (χ3n) is 4.10. The van der Waals surface area contributed by atoms with Crippen LogP contribution in [-0.2, 0) is 11.2 Å². The third-order valence-corrected chi connectivity index (χ3v) is 4.10. The van der Waals surface area contributed by atoms with Gasteiger partial charge in [0, 0.05) is 6.54 Å². The van der Waals surface area contributed by atoms with Gasteiger partial charge in [-0.1, -0.05) is 26.0 Å². The van der Waals surface area contributed by atoms with Crippen molar-refractivity contribution in [3.8, 4) is 5.75 Å². The molecule has 0 bridgehead atoms. The molecule has 0 unspecified atom stereocenters. The summed E-state index contributed by atoms with van der Waals surface area (Å²) < 4.78 is 11.4. The van der Waals surface area contributed by atoms with Crippen LogP contribution in [0.4, 0.5) is 0 Å². The molecule has 0 aliphatic carbocycles. The minimum atomic E-state index is -0.160. The Morgan fingerprint density at radius 3 is 2.55 bits per heavy atom. The van der Waals surface area contributed by atoms with Gasteiger partial charge >= 0.3 is 0 Å². The molecule has 1 aliphatic rings. The second-order valence-corrected chi connectivity index (χ2v) is 6.29. The quantitative estimate of drug-likeness (QED) is 0.776. The Bertz CT molecular complexity index is 534. The summed E-state index contributed by atoms with van der Waals surface area (Å²) in [6.07, 6.45) is 0.969. The molecule has 1 aromatic carbocycles. The van der Waals surface area contributed by atoms with Gasteiger partial charge in [-0.2, -0.15) is 0 Å². The van der Waals surface area contributed by atoms with Crippen molar-refractivity contribution in [2.45, 2.75) is 39.7 Å². The molecule has 22 heavy (non-hydrogen) atoms. The minimum Gasteiger partial charge on any atom is -0.496 e. The highest BCUT2D eigenvalue weighted by Crippen LogP contribution is 2.29. The maximum absolute atomic E-state index is 5.85. The molecule has 0 N–H and O–H groups in total. The van der Waals surface area contributed by atoms with Gasteiger partial charge in [-0.25, -0.2) is 4.99 Å². The molecule has 0 fully saturated rings. The maximum atomic E-state index is 5.85. The van der Waals surface area contributed by atoms with Gasteiger partial charge in [0.2, 0.25) is 5.90 Å². The van der Waals surface area contributed by atoms with Crippen LogP contribution in [-0.4, -0.2) is 49.7 Å². The van der Waals surface area contributed by atoms with E-state index in [1.54, 1.807) is 7.11 Å². The second-order valence-electron chi connectivity index (χ2n) is 6.29. The van der Waals surface area contributed by atoms with Gasteiger partial charge in [-0.3, -0.25) is 0 Å². The second kappa shape index (κ2) is 7.14. The highest BCUT2D eigenvalue weighted by Gasteiger charge is 2.29. The van der Waals surface area contributed by atoms with Gasteiger partial charge in [-0.05, 0) is 45.0 Å². The summed E-state index contributed by atoms with van der Waals surface area (Å²) in [5.74, 6) is 1.56. The fourth-order valence-corrected chi connectivity index (χ4v) is 2.73. The van der Waals surface area contributed by atoms with Crippen molar-refractivity contribution in [1.82, 2.24) is 4.90 Å². The van der Waals surface area contributed by atoms with Crippen molar-refractivity contribution in [2.75, 3.05) is 33.4 Å². The number of rotatable bonds is 7. The number of benzene rings is 1. The van der Waals surface area contributed by atoms with Crippen LogP contribution in [0.15, 0.2) is 23.2 Å². The molecule has 2 rings (SSSR count). The molecule has 0 spiro atoms. The Kier molecular flexibility index (Phi) is 5.46. The average molecular weight is 304 g/mol. The number of nitrogens with zero attached hydrogens (tertiary/aromatic N) is 2. The Hall–Kier alpha value is -1.55. The maximum Gasteiger partial charge on any atom is 0.220 e. The molecule has 0 aromatic heterocycles. The monoisotopic (exact) mass is 304 g/mol. The van der Waals surface area contributed by atoms with Crippen LogP contribution in [0, 0.1) is 0 Å². The Morgan fingerprint density at radius 2 is 2.00 bits per heavy atom. The Labute approximate surface area is 134 Å². The van der Waals surface area contributed by atoms with Gasteiger partial charge in [0.1, 0.15) is 12.4 Å². The Morgan fingerprint density at radius 1 is 1.27 bits per heavy atom. The van der Waals surface area contributed by atoms with E-state index in [0.29, 0.717) is 6.61 Å². The van der Waals surface area contributed by atoms with Crippen molar-refractivity contribution in [3.05, 3.63) is 29.3 Å². The SMILES string of the molecule is CCN(CC)CCc1cccc(OC)c1C1=NC(C)(C)CO1. The highest BCUT2D eigenvalue weighted by molar-refractivity contribution is 5.99. The molecule has 1 aromatic rings. The molecule has 1 heterocycles. The molecule has 4 heteroatoms. The highest BCUT2D eigenvalue weighted by atomic mass is 16.5. The van der Waals surface area contributed by atoms with E-state index in [4.69, 9.17) is 14.5 Å². The van der Waals surface area contributed by atoms with Gasteiger partial charge in [0.25, 0.3) is 0 Å². The number of aliphatic imine (C=N–C) groups is 1. The Balaban J connectivity index is 2.30. The number of methoxy groups -OCH3 is 1. The van der Waals surface area contributed by atoms with Crippen LogP contribution in [0.25, 0.3) is 0 Å². The van der Waals surface area contributed by atoms with E-state index in [2.05, 4.69) is 38.7 Å². The summed E-state index contributed by atoms with van der Waals surface area (Å²) in [4.78, 5) is 7.15. The molecule has 0 amide bonds. The number of hydrogen-bond acceptors (Lipinski definition) is 4. The van der Waals surface area contributed by atoms with E-state index >= 15 is 0 Å². The first-order valence-corrected chi connectivity index (χ1v) is 8.12. The first-order valence-electron chi connectivity index (χ1n) is 8.12. The van der Waals surface area contributed by atoms with Crippen LogP contribution in [0.1, 0.15) is 38.8 Å². The molecule has 0 radical (unpaired) electrons. The average Bonchev–Trinajstić information content (AvgIpc) is 2.87. The molecule has 0 atom stereocenters. The summed E-state index contributed by atoms with van der Waals surface area (Å²) in [5.41, 5.74) is 2.09. The third kappa shape index (κ3) is 3.80. The van der Waals surface area contributed by atoms with Gasteiger partial charge < -0.3 is 14.4 Å². The smallest absolute Gasteiger partial charge is 0.220 e. The van der Waals surface area contributed by atoms with E-state index in [0.717, 1.165) is 43.3 Å². The number of hydrogen-bond donors (Lipinski definition) is 0. The van der Waals surface area contributed by atoms with Crippen LogP contribution in [0.2, 0.25) is 0 Å². The summed E-state index contributed by atoms with van der Waals surface area (Å²) in [7, 11) is 1.70. The van der Waals surface area contributed by atoms with Crippen LogP contribution in [0.3, 0.4) is 0 Å². The fourth-order valence-electron chi connectivity index (χ4n) is 2.73. The first-order chi connectivity index (χ1) is 10.5.